The Balaban J connectivity index is 1.90. The second-order valence-electron chi connectivity index (χ2n) is 4.07. The Kier molecular flexibility index (Phi) is 3.60. The lowest BCUT2D eigenvalue weighted by Crippen LogP contribution is -2.54. The van der Waals surface area contributed by atoms with Gasteiger partial charge in [-0.1, -0.05) is 0 Å². The van der Waals surface area contributed by atoms with Crippen LogP contribution in [-0.2, 0) is 16.1 Å². The van der Waals surface area contributed by atoms with Gasteiger partial charge >= 0.3 is 5.97 Å². The van der Waals surface area contributed by atoms with E-state index in [9.17, 15) is 9.59 Å². The Morgan fingerprint density at radius 2 is 2.44 bits per heavy atom. The second-order valence-corrected chi connectivity index (χ2v) is 5.02. The summed E-state index contributed by atoms with van der Waals surface area (Å²) in [5, 5.41) is 13.3. The molecule has 4 N–H and O–H groups in total. The Morgan fingerprint density at radius 1 is 1.67 bits per heavy atom. The zero-order valence-electron chi connectivity index (χ0n) is 9.51. The number of hydrogen-bond donors (Lipinski definition) is 3. The molecule has 1 aromatic heterocycles. The molecule has 1 aliphatic rings. The fourth-order valence-electron chi connectivity index (χ4n) is 1.58. The van der Waals surface area contributed by atoms with Crippen LogP contribution in [0.1, 0.15) is 21.9 Å². The first-order chi connectivity index (χ1) is 8.51. The van der Waals surface area contributed by atoms with Gasteiger partial charge in [-0.3, -0.25) is 4.79 Å². The number of nitrogens with two attached hydrogens (primary N) is 1. The minimum atomic E-state index is -1.08. The first-order valence-electron chi connectivity index (χ1n) is 5.34. The smallest absolute Gasteiger partial charge is 0.355 e. The lowest BCUT2D eigenvalue weighted by Gasteiger charge is -2.19. The summed E-state index contributed by atoms with van der Waals surface area (Å²) in [5.74, 6) is -1.38. The van der Waals surface area contributed by atoms with Crippen molar-refractivity contribution < 1.29 is 19.4 Å². The number of carbonyl (C=O) groups is 2. The van der Waals surface area contributed by atoms with E-state index in [4.69, 9.17) is 15.6 Å². The third-order valence-electron chi connectivity index (χ3n) is 2.68. The molecule has 1 amide bonds. The monoisotopic (exact) mass is 271 g/mol. The van der Waals surface area contributed by atoms with Gasteiger partial charge in [-0.2, -0.15) is 0 Å². The lowest BCUT2D eigenvalue weighted by atomic mass is 9.99. The van der Waals surface area contributed by atoms with Gasteiger partial charge in [0.25, 0.3) is 0 Å². The van der Waals surface area contributed by atoms with Gasteiger partial charge in [-0.25, -0.2) is 9.78 Å². The van der Waals surface area contributed by atoms with E-state index in [1.54, 1.807) is 0 Å². The Labute approximate surface area is 107 Å². The summed E-state index contributed by atoms with van der Waals surface area (Å²) in [6, 6.07) is 0. The first-order valence-corrected chi connectivity index (χ1v) is 6.22. The van der Waals surface area contributed by atoms with Crippen molar-refractivity contribution in [3.63, 3.8) is 0 Å². The third-order valence-corrected chi connectivity index (χ3v) is 3.52. The molecular formula is C10H13N3O4S. The molecule has 1 fully saturated rings. The second kappa shape index (κ2) is 5.01. The SMILES string of the molecule is NC1(C(=O)NCc2nc(C(=O)O)cs2)CCOC1. The number of rotatable bonds is 4. The summed E-state index contributed by atoms with van der Waals surface area (Å²) < 4.78 is 5.09. The average molecular weight is 271 g/mol. The van der Waals surface area contributed by atoms with Crippen LogP contribution in [0.3, 0.4) is 0 Å². The van der Waals surface area contributed by atoms with Crippen molar-refractivity contribution in [1.29, 1.82) is 0 Å². The summed E-state index contributed by atoms with van der Waals surface area (Å²) in [6.45, 7) is 0.858. The number of carboxylic acid groups (broad SMARTS) is 1. The average Bonchev–Trinajstić information content (AvgIpc) is 2.95. The molecule has 1 atom stereocenters. The quantitative estimate of drug-likeness (QED) is 0.685. The van der Waals surface area contributed by atoms with Gasteiger partial charge in [-0.05, 0) is 6.42 Å². The highest BCUT2D eigenvalue weighted by atomic mass is 32.1. The predicted octanol–water partition coefficient (Wildman–Crippen LogP) is -0.425. The van der Waals surface area contributed by atoms with Gasteiger partial charge in [0.2, 0.25) is 5.91 Å². The molecule has 1 aromatic rings. The number of carbonyl (C=O) groups excluding carboxylic acids is 1. The van der Waals surface area contributed by atoms with Gasteiger partial charge in [0.15, 0.2) is 5.69 Å². The van der Waals surface area contributed by atoms with Crippen LogP contribution in [0, 0.1) is 0 Å². The number of amides is 1. The maximum Gasteiger partial charge on any atom is 0.355 e. The number of aromatic nitrogens is 1. The zero-order valence-corrected chi connectivity index (χ0v) is 10.3. The van der Waals surface area contributed by atoms with Crippen LogP contribution in [0.2, 0.25) is 0 Å². The summed E-state index contributed by atoms with van der Waals surface area (Å²) in [7, 11) is 0. The molecule has 0 bridgehead atoms. The van der Waals surface area contributed by atoms with Crippen LogP contribution in [-0.4, -0.2) is 40.7 Å². The fraction of sp³-hybridized carbons (Fsp3) is 0.500. The molecule has 18 heavy (non-hydrogen) atoms. The van der Waals surface area contributed by atoms with Crippen LogP contribution < -0.4 is 11.1 Å². The van der Waals surface area contributed by atoms with Gasteiger partial charge in [0.1, 0.15) is 10.5 Å². The number of ether oxygens (including phenoxy) is 1. The molecule has 8 heteroatoms. The highest BCUT2D eigenvalue weighted by Gasteiger charge is 2.38. The van der Waals surface area contributed by atoms with Crippen LogP contribution in [0.15, 0.2) is 5.38 Å². The number of nitrogens with one attached hydrogen (secondary N) is 1. The van der Waals surface area contributed by atoms with Crippen LogP contribution in [0.4, 0.5) is 0 Å². The number of hydrogen-bond acceptors (Lipinski definition) is 6. The first kappa shape index (κ1) is 12.9. The normalized spacial score (nSPS) is 22.9. The predicted molar refractivity (Wildman–Crippen MR) is 63.3 cm³/mol. The maximum atomic E-state index is 11.8. The maximum absolute atomic E-state index is 11.8. The van der Waals surface area contributed by atoms with E-state index in [1.165, 1.54) is 16.7 Å². The molecule has 1 saturated heterocycles. The summed E-state index contributed by atoms with van der Waals surface area (Å²) in [6.07, 6.45) is 0.483. The summed E-state index contributed by atoms with van der Waals surface area (Å²) in [5.41, 5.74) is 4.88. The van der Waals surface area contributed by atoms with E-state index in [0.717, 1.165) is 0 Å². The standard InChI is InChI=1S/C10H13N3O4S/c11-10(1-2-17-5-10)9(16)12-3-7-13-6(4-18-7)8(14)15/h4H,1-3,5,11H2,(H,12,16)(H,14,15). The third kappa shape index (κ3) is 2.66. The largest absolute Gasteiger partial charge is 0.476 e. The van der Waals surface area contributed by atoms with E-state index in [0.29, 0.717) is 18.0 Å². The lowest BCUT2D eigenvalue weighted by molar-refractivity contribution is -0.126. The van der Waals surface area contributed by atoms with Gasteiger partial charge in [0.05, 0.1) is 13.2 Å². The van der Waals surface area contributed by atoms with Crippen molar-refractivity contribution in [1.82, 2.24) is 10.3 Å². The van der Waals surface area contributed by atoms with Crippen molar-refractivity contribution in [2.45, 2.75) is 18.5 Å². The summed E-state index contributed by atoms with van der Waals surface area (Å²) >= 11 is 1.18. The summed E-state index contributed by atoms with van der Waals surface area (Å²) in [4.78, 5) is 26.3. The van der Waals surface area contributed by atoms with Crippen molar-refractivity contribution in [3.8, 4) is 0 Å². The van der Waals surface area contributed by atoms with E-state index < -0.39 is 11.5 Å². The Morgan fingerprint density at radius 3 is 3.00 bits per heavy atom. The Hall–Kier alpha value is -1.51. The van der Waals surface area contributed by atoms with E-state index in [-0.39, 0.29) is 24.8 Å². The molecule has 7 nitrogen and oxygen atoms in total. The molecule has 2 rings (SSSR count). The topological polar surface area (TPSA) is 115 Å². The van der Waals surface area contributed by atoms with Crippen molar-refractivity contribution in [3.05, 3.63) is 16.1 Å². The van der Waals surface area contributed by atoms with Gasteiger partial charge in [0, 0.05) is 12.0 Å². The molecule has 1 aliphatic heterocycles. The van der Waals surface area contributed by atoms with Crippen LogP contribution in [0.25, 0.3) is 0 Å². The highest BCUT2D eigenvalue weighted by Crippen LogP contribution is 2.16. The molecule has 0 saturated carbocycles. The fourth-order valence-corrected chi connectivity index (χ4v) is 2.29. The number of nitrogens with zero attached hydrogens (tertiary/aromatic N) is 1. The van der Waals surface area contributed by atoms with Crippen LogP contribution in [0.5, 0.6) is 0 Å². The van der Waals surface area contributed by atoms with Crippen molar-refractivity contribution in [2.75, 3.05) is 13.2 Å². The molecule has 0 aliphatic carbocycles. The van der Waals surface area contributed by atoms with Crippen molar-refractivity contribution in [2.24, 2.45) is 5.73 Å². The minimum absolute atomic E-state index is 0.0177. The van der Waals surface area contributed by atoms with E-state index >= 15 is 0 Å². The number of carboxylic acids is 1. The zero-order chi connectivity index (χ0) is 13.2. The number of aromatic carboxylic acids is 1. The van der Waals surface area contributed by atoms with Gasteiger partial charge < -0.3 is 20.9 Å². The van der Waals surface area contributed by atoms with Crippen LogP contribution >= 0.6 is 11.3 Å². The highest BCUT2D eigenvalue weighted by molar-refractivity contribution is 7.09. The molecule has 0 radical (unpaired) electrons. The van der Waals surface area contributed by atoms with Gasteiger partial charge in [-0.15, -0.1) is 11.3 Å². The Bertz CT molecular complexity index is 467. The molecule has 1 unspecified atom stereocenters. The van der Waals surface area contributed by atoms with Crippen molar-refractivity contribution >= 4 is 23.2 Å². The molecular weight excluding hydrogens is 258 g/mol. The molecule has 0 aromatic carbocycles. The number of thiazole rings is 1. The minimum Gasteiger partial charge on any atom is -0.476 e. The molecule has 0 spiro atoms. The van der Waals surface area contributed by atoms with E-state index in [1.807, 2.05) is 0 Å². The van der Waals surface area contributed by atoms with E-state index in [2.05, 4.69) is 10.3 Å². The molecule has 2 heterocycles. The molecule has 98 valence electrons.